The molecule has 1 N–H and O–H groups in total. The van der Waals surface area contributed by atoms with E-state index in [1.807, 2.05) is 11.3 Å². The first kappa shape index (κ1) is 14.5. The second kappa shape index (κ2) is 5.76. The summed E-state index contributed by atoms with van der Waals surface area (Å²) in [6.45, 7) is 9.18. The lowest BCUT2D eigenvalue weighted by atomic mass is 9.75. The first-order valence-corrected chi connectivity index (χ1v) is 9.10. The normalized spacial score (nSPS) is 28.9. The summed E-state index contributed by atoms with van der Waals surface area (Å²) in [5.74, 6) is 2.46. The Morgan fingerprint density at radius 1 is 1.20 bits per heavy atom. The van der Waals surface area contributed by atoms with Gasteiger partial charge in [-0.25, -0.2) is 4.98 Å². The monoisotopic (exact) mass is 292 g/mol. The van der Waals surface area contributed by atoms with Gasteiger partial charge < -0.3 is 5.32 Å². The molecule has 2 nitrogen and oxygen atoms in total. The van der Waals surface area contributed by atoms with Crippen molar-refractivity contribution in [2.45, 2.75) is 64.2 Å². The second-order valence-corrected chi connectivity index (χ2v) is 8.49. The molecular weight excluding hydrogens is 264 g/mol. The Labute approximate surface area is 127 Å². The minimum atomic E-state index is 0.193. The van der Waals surface area contributed by atoms with Crippen molar-refractivity contribution in [2.75, 3.05) is 13.1 Å². The predicted octanol–water partition coefficient (Wildman–Crippen LogP) is 4.32. The Balaban J connectivity index is 1.80. The number of hydrogen-bond acceptors (Lipinski definition) is 3. The molecule has 2 fully saturated rings. The van der Waals surface area contributed by atoms with Crippen LogP contribution in [0.2, 0.25) is 0 Å². The van der Waals surface area contributed by atoms with Gasteiger partial charge in [-0.15, -0.1) is 11.3 Å². The van der Waals surface area contributed by atoms with Crippen LogP contribution in [0.1, 0.15) is 69.5 Å². The number of nitrogens with one attached hydrogen (secondary N) is 1. The summed E-state index contributed by atoms with van der Waals surface area (Å²) in [5.41, 5.74) is 1.58. The van der Waals surface area contributed by atoms with E-state index in [1.165, 1.54) is 49.4 Å². The van der Waals surface area contributed by atoms with E-state index in [0.717, 1.165) is 18.4 Å². The van der Waals surface area contributed by atoms with E-state index in [9.17, 15) is 0 Å². The number of thiazole rings is 1. The Morgan fingerprint density at radius 3 is 2.60 bits per heavy atom. The van der Waals surface area contributed by atoms with Crippen molar-refractivity contribution in [2.24, 2.45) is 11.8 Å². The molecular formula is C17H28N2S. The van der Waals surface area contributed by atoms with Crippen LogP contribution in [0.5, 0.6) is 0 Å². The minimum Gasteiger partial charge on any atom is -0.316 e. The van der Waals surface area contributed by atoms with Crippen LogP contribution in [0.3, 0.4) is 0 Å². The first-order chi connectivity index (χ1) is 9.55. The molecule has 0 bridgehead atoms. The molecule has 1 saturated carbocycles. The fraction of sp³-hybridized carbons (Fsp3) is 0.824. The summed E-state index contributed by atoms with van der Waals surface area (Å²) in [6, 6.07) is 0. The Hall–Kier alpha value is -0.410. The van der Waals surface area contributed by atoms with Gasteiger partial charge in [0.15, 0.2) is 0 Å². The molecule has 3 heteroatoms. The van der Waals surface area contributed by atoms with E-state index >= 15 is 0 Å². The summed E-state index contributed by atoms with van der Waals surface area (Å²) in [6.07, 6.45) is 7.04. The van der Waals surface area contributed by atoms with Gasteiger partial charge in [-0.2, -0.15) is 0 Å². The van der Waals surface area contributed by atoms with Gasteiger partial charge in [0.05, 0.1) is 10.7 Å². The molecule has 0 aromatic carbocycles. The third-order valence-corrected chi connectivity index (χ3v) is 6.36. The highest BCUT2D eigenvalue weighted by molar-refractivity contribution is 7.09. The quantitative estimate of drug-likeness (QED) is 0.878. The van der Waals surface area contributed by atoms with Crippen molar-refractivity contribution in [3.05, 3.63) is 16.1 Å². The number of aromatic nitrogens is 1. The Bertz CT molecular complexity index is 440. The summed E-state index contributed by atoms with van der Waals surface area (Å²) in [5, 5.41) is 7.27. The first-order valence-electron chi connectivity index (χ1n) is 8.22. The molecule has 0 amide bonds. The zero-order valence-electron chi connectivity index (χ0n) is 13.1. The van der Waals surface area contributed by atoms with Crippen molar-refractivity contribution < 1.29 is 0 Å². The molecule has 2 atom stereocenters. The van der Waals surface area contributed by atoms with Gasteiger partial charge in [-0.05, 0) is 31.3 Å². The SMILES string of the molecule is CC(C)(C)c1nc(C2CCNCC2C2CCCC2)cs1. The van der Waals surface area contributed by atoms with Gasteiger partial charge in [0, 0.05) is 16.7 Å². The van der Waals surface area contributed by atoms with Gasteiger partial charge in [0.1, 0.15) is 0 Å². The fourth-order valence-electron chi connectivity index (χ4n) is 3.93. The van der Waals surface area contributed by atoms with Crippen molar-refractivity contribution in [1.29, 1.82) is 0 Å². The van der Waals surface area contributed by atoms with Crippen LogP contribution in [-0.2, 0) is 5.41 Å². The molecule has 2 aliphatic rings. The zero-order valence-corrected chi connectivity index (χ0v) is 13.9. The molecule has 112 valence electrons. The van der Waals surface area contributed by atoms with Gasteiger partial charge in [-0.3, -0.25) is 0 Å². The van der Waals surface area contributed by atoms with Crippen molar-refractivity contribution in [3.63, 3.8) is 0 Å². The highest BCUT2D eigenvalue weighted by Crippen LogP contribution is 2.42. The van der Waals surface area contributed by atoms with Gasteiger partial charge in [0.2, 0.25) is 0 Å². The van der Waals surface area contributed by atoms with Gasteiger partial charge >= 0.3 is 0 Å². The van der Waals surface area contributed by atoms with Crippen LogP contribution in [0.25, 0.3) is 0 Å². The lowest BCUT2D eigenvalue weighted by Gasteiger charge is -2.35. The summed E-state index contributed by atoms with van der Waals surface area (Å²) < 4.78 is 0. The molecule has 0 radical (unpaired) electrons. The maximum absolute atomic E-state index is 5.02. The lowest BCUT2D eigenvalue weighted by molar-refractivity contribution is 0.228. The predicted molar refractivity (Wildman–Crippen MR) is 86.5 cm³/mol. The fourth-order valence-corrected chi connectivity index (χ4v) is 4.90. The average Bonchev–Trinajstić information content (AvgIpc) is 3.10. The molecule has 1 aliphatic heterocycles. The number of rotatable bonds is 2. The number of nitrogens with zero attached hydrogens (tertiary/aromatic N) is 1. The smallest absolute Gasteiger partial charge is 0.0981 e. The third-order valence-electron chi connectivity index (χ3n) is 5.08. The van der Waals surface area contributed by atoms with Crippen molar-refractivity contribution in [3.8, 4) is 0 Å². The molecule has 1 aromatic rings. The molecule has 0 spiro atoms. The molecule has 20 heavy (non-hydrogen) atoms. The van der Waals surface area contributed by atoms with E-state index in [4.69, 9.17) is 4.98 Å². The van der Waals surface area contributed by atoms with E-state index < -0.39 is 0 Å². The van der Waals surface area contributed by atoms with Crippen LogP contribution in [0.4, 0.5) is 0 Å². The van der Waals surface area contributed by atoms with Crippen LogP contribution in [-0.4, -0.2) is 18.1 Å². The second-order valence-electron chi connectivity index (χ2n) is 7.64. The van der Waals surface area contributed by atoms with E-state index in [-0.39, 0.29) is 5.41 Å². The average molecular weight is 292 g/mol. The van der Waals surface area contributed by atoms with E-state index in [0.29, 0.717) is 5.92 Å². The van der Waals surface area contributed by atoms with Crippen molar-refractivity contribution in [1.82, 2.24) is 10.3 Å². The topological polar surface area (TPSA) is 24.9 Å². The van der Waals surface area contributed by atoms with Gasteiger partial charge in [-0.1, -0.05) is 46.5 Å². The lowest BCUT2D eigenvalue weighted by Crippen LogP contribution is -2.39. The van der Waals surface area contributed by atoms with Crippen molar-refractivity contribution >= 4 is 11.3 Å². The van der Waals surface area contributed by atoms with E-state index in [2.05, 4.69) is 31.5 Å². The molecule has 1 aliphatic carbocycles. The van der Waals surface area contributed by atoms with Crippen LogP contribution >= 0.6 is 11.3 Å². The Kier molecular flexibility index (Phi) is 4.19. The molecule has 3 rings (SSSR count). The third kappa shape index (κ3) is 2.94. The number of hydrogen-bond donors (Lipinski definition) is 1. The zero-order chi connectivity index (χ0) is 14.2. The number of piperidine rings is 1. The summed E-state index contributed by atoms with van der Waals surface area (Å²) in [7, 11) is 0. The molecule has 2 heterocycles. The van der Waals surface area contributed by atoms with E-state index in [1.54, 1.807) is 0 Å². The van der Waals surface area contributed by atoms with Crippen LogP contribution in [0, 0.1) is 11.8 Å². The maximum Gasteiger partial charge on any atom is 0.0981 e. The van der Waals surface area contributed by atoms with Crippen LogP contribution in [0.15, 0.2) is 5.38 Å². The highest BCUT2D eigenvalue weighted by Gasteiger charge is 2.35. The maximum atomic E-state index is 5.02. The molecule has 1 saturated heterocycles. The summed E-state index contributed by atoms with van der Waals surface area (Å²) in [4.78, 5) is 5.02. The molecule has 2 unspecified atom stereocenters. The Morgan fingerprint density at radius 2 is 1.95 bits per heavy atom. The van der Waals surface area contributed by atoms with Gasteiger partial charge in [0.25, 0.3) is 0 Å². The largest absolute Gasteiger partial charge is 0.316 e. The standard InChI is InChI=1S/C17H28N2S/c1-17(2,3)16-19-15(11-20-16)13-8-9-18-10-14(13)12-6-4-5-7-12/h11-14,18H,4-10H2,1-3H3. The molecule has 1 aromatic heterocycles. The highest BCUT2D eigenvalue weighted by atomic mass is 32.1. The summed E-state index contributed by atoms with van der Waals surface area (Å²) >= 11 is 1.86. The van der Waals surface area contributed by atoms with Crippen LogP contribution < -0.4 is 5.32 Å². The minimum absolute atomic E-state index is 0.193.